The second-order valence-corrected chi connectivity index (χ2v) is 5.98. The number of halogens is 2. The van der Waals surface area contributed by atoms with E-state index in [4.69, 9.17) is 16.3 Å². The fourth-order valence-electron chi connectivity index (χ4n) is 1.53. The summed E-state index contributed by atoms with van der Waals surface area (Å²) in [5, 5.41) is 4.18. The van der Waals surface area contributed by atoms with Crippen molar-refractivity contribution in [2.75, 3.05) is 20.3 Å². The summed E-state index contributed by atoms with van der Waals surface area (Å²) in [6.07, 6.45) is 0. The van der Waals surface area contributed by atoms with E-state index in [0.717, 1.165) is 14.6 Å². The van der Waals surface area contributed by atoms with Crippen LogP contribution in [0.25, 0.3) is 10.1 Å². The van der Waals surface area contributed by atoms with E-state index in [0.29, 0.717) is 23.1 Å². The van der Waals surface area contributed by atoms with E-state index in [-0.39, 0.29) is 5.91 Å². The summed E-state index contributed by atoms with van der Waals surface area (Å²) >= 11 is 11.0. The number of thiophene rings is 1. The summed E-state index contributed by atoms with van der Waals surface area (Å²) in [5.74, 6) is -0.158. The first-order valence-electron chi connectivity index (χ1n) is 5.28. The Morgan fingerprint density at radius 2 is 2.33 bits per heavy atom. The van der Waals surface area contributed by atoms with Crippen molar-refractivity contribution in [2.45, 2.75) is 0 Å². The second kappa shape index (κ2) is 6.02. The lowest BCUT2D eigenvalue weighted by molar-refractivity contribution is 0.0941. The van der Waals surface area contributed by atoms with Gasteiger partial charge in [-0.2, -0.15) is 0 Å². The molecule has 2 rings (SSSR count). The Balaban J connectivity index is 2.28. The van der Waals surface area contributed by atoms with Gasteiger partial charge in [-0.1, -0.05) is 33.6 Å². The largest absolute Gasteiger partial charge is 0.383 e. The summed E-state index contributed by atoms with van der Waals surface area (Å²) in [4.78, 5) is 12.5. The molecule has 96 valence electrons. The first-order chi connectivity index (χ1) is 8.63. The highest BCUT2D eigenvalue weighted by Gasteiger charge is 2.16. The maximum Gasteiger partial charge on any atom is 0.263 e. The Hall–Kier alpha value is -0.620. The van der Waals surface area contributed by atoms with Gasteiger partial charge in [0.15, 0.2) is 0 Å². The summed E-state index contributed by atoms with van der Waals surface area (Å²) in [6.45, 7) is 0.962. The number of fused-ring (bicyclic) bond motifs is 1. The average Bonchev–Trinajstić information content (AvgIpc) is 2.66. The van der Waals surface area contributed by atoms with Crippen LogP contribution in [0.15, 0.2) is 22.7 Å². The molecule has 0 atom stereocenters. The molecule has 6 heteroatoms. The van der Waals surface area contributed by atoms with Gasteiger partial charge in [0.25, 0.3) is 5.91 Å². The van der Waals surface area contributed by atoms with E-state index in [1.54, 1.807) is 7.11 Å². The normalized spacial score (nSPS) is 10.8. The van der Waals surface area contributed by atoms with Gasteiger partial charge in [0.1, 0.15) is 4.88 Å². The van der Waals surface area contributed by atoms with E-state index in [1.807, 2.05) is 18.2 Å². The maximum atomic E-state index is 11.9. The molecular formula is C12H11BrClNO2S. The molecule has 2 aromatic rings. The van der Waals surface area contributed by atoms with Crippen LogP contribution in [0.3, 0.4) is 0 Å². The first kappa shape index (κ1) is 13.8. The molecule has 0 aliphatic heterocycles. The smallest absolute Gasteiger partial charge is 0.263 e. The molecule has 0 bridgehead atoms. The Labute approximate surface area is 122 Å². The Morgan fingerprint density at radius 3 is 3.06 bits per heavy atom. The first-order valence-corrected chi connectivity index (χ1v) is 7.27. The molecule has 1 aromatic carbocycles. The third-order valence-electron chi connectivity index (χ3n) is 2.39. The van der Waals surface area contributed by atoms with E-state index in [2.05, 4.69) is 21.2 Å². The number of benzene rings is 1. The minimum atomic E-state index is -0.158. The van der Waals surface area contributed by atoms with E-state index in [1.165, 1.54) is 11.3 Å². The van der Waals surface area contributed by atoms with Gasteiger partial charge in [-0.05, 0) is 12.1 Å². The Kier molecular flexibility index (Phi) is 4.61. The summed E-state index contributed by atoms with van der Waals surface area (Å²) in [7, 11) is 1.59. The van der Waals surface area contributed by atoms with Gasteiger partial charge < -0.3 is 10.1 Å². The van der Waals surface area contributed by atoms with Gasteiger partial charge in [0.2, 0.25) is 0 Å². The Bertz CT molecular complexity index is 585. The predicted octanol–water partition coefficient (Wildman–Crippen LogP) is 3.69. The van der Waals surface area contributed by atoms with Crippen LogP contribution in [0.5, 0.6) is 0 Å². The zero-order chi connectivity index (χ0) is 13.1. The quantitative estimate of drug-likeness (QED) is 0.856. The lowest BCUT2D eigenvalue weighted by atomic mass is 10.2. The fourth-order valence-corrected chi connectivity index (χ4v) is 3.52. The van der Waals surface area contributed by atoms with Crippen molar-refractivity contribution in [3.63, 3.8) is 0 Å². The molecule has 1 N–H and O–H groups in total. The highest BCUT2D eigenvalue weighted by atomic mass is 79.9. The fraction of sp³-hybridized carbons (Fsp3) is 0.250. The van der Waals surface area contributed by atoms with Gasteiger partial charge in [0, 0.05) is 28.2 Å². The van der Waals surface area contributed by atoms with Crippen molar-refractivity contribution in [1.82, 2.24) is 5.32 Å². The molecule has 0 saturated carbocycles. The third-order valence-corrected chi connectivity index (χ3v) is 4.54. The van der Waals surface area contributed by atoms with Crippen LogP contribution in [-0.4, -0.2) is 26.2 Å². The van der Waals surface area contributed by atoms with Crippen molar-refractivity contribution in [2.24, 2.45) is 0 Å². The lowest BCUT2D eigenvalue weighted by Gasteiger charge is -2.02. The van der Waals surface area contributed by atoms with Crippen LogP contribution < -0.4 is 5.32 Å². The minimum Gasteiger partial charge on any atom is -0.383 e. The number of amides is 1. The number of hydrogen-bond donors (Lipinski definition) is 1. The van der Waals surface area contributed by atoms with Gasteiger partial charge in [-0.3, -0.25) is 4.79 Å². The van der Waals surface area contributed by atoms with Gasteiger partial charge in [-0.25, -0.2) is 0 Å². The number of nitrogens with one attached hydrogen (secondary N) is 1. The molecule has 0 radical (unpaired) electrons. The van der Waals surface area contributed by atoms with E-state index < -0.39 is 0 Å². The number of carbonyl (C=O) groups excluding carboxylic acids is 1. The van der Waals surface area contributed by atoms with Crippen molar-refractivity contribution < 1.29 is 9.53 Å². The topological polar surface area (TPSA) is 38.3 Å². The molecule has 0 unspecified atom stereocenters. The second-order valence-electron chi connectivity index (χ2n) is 3.63. The van der Waals surface area contributed by atoms with Crippen LogP contribution in [0.1, 0.15) is 9.67 Å². The molecule has 0 saturated heterocycles. The van der Waals surface area contributed by atoms with E-state index in [9.17, 15) is 4.79 Å². The van der Waals surface area contributed by atoms with Crippen molar-refractivity contribution in [1.29, 1.82) is 0 Å². The van der Waals surface area contributed by atoms with Gasteiger partial charge >= 0.3 is 0 Å². The van der Waals surface area contributed by atoms with Crippen LogP contribution in [0, 0.1) is 0 Å². The maximum absolute atomic E-state index is 11.9. The molecule has 0 aliphatic carbocycles. The minimum absolute atomic E-state index is 0.158. The SMILES string of the molecule is COCCNC(=O)c1sc2cc(Br)ccc2c1Cl. The highest BCUT2D eigenvalue weighted by molar-refractivity contribution is 9.10. The number of carbonyl (C=O) groups is 1. The molecule has 1 amide bonds. The predicted molar refractivity (Wildman–Crippen MR) is 78.7 cm³/mol. The molecule has 18 heavy (non-hydrogen) atoms. The van der Waals surface area contributed by atoms with Crippen molar-refractivity contribution in [3.8, 4) is 0 Å². The molecule has 0 spiro atoms. The Morgan fingerprint density at radius 1 is 1.56 bits per heavy atom. The summed E-state index contributed by atoms with van der Waals surface area (Å²) in [6, 6.07) is 5.77. The van der Waals surface area contributed by atoms with Crippen molar-refractivity contribution in [3.05, 3.63) is 32.6 Å². The van der Waals surface area contributed by atoms with Crippen molar-refractivity contribution >= 4 is 54.9 Å². The van der Waals surface area contributed by atoms with Gasteiger partial charge in [0.05, 0.1) is 11.6 Å². The molecule has 1 aromatic heterocycles. The molecule has 0 fully saturated rings. The number of methoxy groups -OCH3 is 1. The molecule has 1 heterocycles. The molecule has 0 aliphatic rings. The summed E-state index contributed by atoms with van der Waals surface area (Å²) < 4.78 is 6.85. The zero-order valence-corrected chi connectivity index (χ0v) is 12.8. The molecule has 3 nitrogen and oxygen atoms in total. The van der Waals surface area contributed by atoms with Crippen LogP contribution >= 0.6 is 38.9 Å². The van der Waals surface area contributed by atoms with E-state index >= 15 is 0 Å². The standard InChI is InChI=1S/C12H11BrClNO2S/c1-17-5-4-15-12(16)11-10(14)8-3-2-7(13)6-9(8)18-11/h2-3,6H,4-5H2,1H3,(H,15,16). The van der Waals surface area contributed by atoms with Gasteiger partial charge in [-0.15, -0.1) is 11.3 Å². The third kappa shape index (κ3) is 2.85. The monoisotopic (exact) mass is 347 g/mol. The summed E-state index contributed by atoms with van der Waals surface area (Å²) in [5.41, 5.74) is 0. The molecular weight excluding hydrogens is 338 g/mol. The van der Waals surface area contributed by atoms with Crippen LogP contribution in [0.2, 0.25) is 5.02 Å². The number of ether oxygens (including phenoxy) is 1. The lowest BCUT2D eigenvalue weighted by Crippen LogP contribution is -2.26. The van der Waals surface area contributed by atoms with Crippen LogP contribution in [-0.2, 0) is 4.74 Å². The number of hydrogen-bond acceptors (Lipinski definition) is 3. The zero-order valence-electron chi connectivity index (χ0n) is 9.63. The highest BCUT2D eigenvalue weighted by Crippen LogP contribution is 2.36. The number of rotatable bonds is 4. The average molecular weight is 349 g/mol. The van der Waals surface area contributed by atoms with Crippen LogP contribution in [0.4, 0.5) is 0 Å².